The van der Waals surface area contributed by atoms with Crippen molar-refractivity contribution in [2.75, 3.05) is 20.8 Å². The van der Waals surface area contributed by atoms with Crippen molar-refractivity contribution in [1.82, 2.24) is 10.6 Å². The van der Waals surface area contributed by atoms with E-state index in [9.17, 15) is 20.1 Å². The number of rotatable bonds is 6. The van der Waals surface area contributed by atoms with Crippen LogP contribution in [-0.4, -0.2) is 96.9 Å². The number of carbonyl (C=O) groups excluding carboxylic acids is 1. The van der Waals surface area contributed by atoms with Gasteiger partial charge in [-0.3, -0.25) is 4.79 Å². The lowest BCUT2D eigenvalue weighted by Crippen LogP contribution is -2.68. The molecule has 9 atom stereocenters. The number of nitrogens with one attached hydrogen (secondary N) is 2. The van der Waals surface area contributed by atoms with Gasteiger partial charge in [0.15, 0.2) is 6.29 Å². The number of hydrogen-bond acceptors (Lipinski definition) is 9. The Morgan fingerprint density at radius 1 is 1.32 bits per heavy atom. The Morgan fingerprint density at radius 3 is 2.56 bits per heavy atom. The van der Waals surface area contributed by atoms with Crippen LogP contribution in [0.1, 0.15) is 13.3 Å². The summed E-state index contributed by atoms with van der Waals surface area (Å²) in [5, 5.41) is 36.7. The van der Waals surface area contributed by atoms with E-state index in [2.05, 4.69) is 10.6 Å². The Labute approximate surface area is 146 Å². The first-order valence-corrected chi connectivity index (χ1v) is 8.27. The van der Waals surface area contributed by atoms with Crippen LogP contribution in [0.3, 0.4) is 0 Å². The summed E-state index contributed by atoms with van der Waals surface area (Å²) in [4.78, 5) is 10.9. The highest BCUT2D eigenvalue weighted by molar-refractivity contribution is 5.47. The third-order valence-corrected chi connectivity index (χ3v) is 5.00. The Bertz CT molecular complexity index is 453. The molecular weight excluding hydrogens is 334 g/mol. The molecule has 0 aromatic carbocycles. The lowest BCUT2D eigenvalue weighted by Gasteiger charge is -2.47. The predicted molar refractivity (Wildman–Crippen MR) is 86.5 cm³/mol. The van der Waals surface area contributed by atoms with E-state index in [-0.39, 0.29) is 6.61 Å². The summed E-state index contributed by atoms with van der Waals surface area (Å²) in [6.45, 7) is 1.47. The van der Waals surface area contributed by atoms with Crippen LogP contribution in [0.2, 0.25) is 0 Å². The topological polar surface area (TPSA) is 156 Å². The monoisotopic (exact) mass is 363 g/mol. The number of ether oxygens (including phenoxy) is 3. The Hall–Kier alpha value is -0.850. The first kappa shape index (κ1) is 20.5. The second kappa shape index (κ2) is 8.23. The zero-order chi connectivity index (χ0) is 18.8. The summed E-state index contributed by atoms with van der Waals surface area (Å²) in [5.41, 5.74) is 4.70. The fourth-order valence-corrected chi connectivity index (χ4v) is 3.70. The summed E-state index contributed by atoms with van der Waals surface area (Å²) in [6, 6.07) is -1.74. The lowest BCUT2D eigenvalue weighted by atomic mass is 9.83. The number of likely N-dealkylation sites (N-methyl/N-ethyl adjacent to an activating group) is 1. The third-order valence-electron chi connectivity index (χ3n) is 5.00. The van der Waals surface area contributed by atoms with E-state index < -0.39 is 54.4 Å². The SMILES string of the molecule is CN[C@@H]1[C@@H](O)[C@@H](O[C@H]2[C@H](NC=O)C[C@H](N)C(OC)[C@@H]2O)OC[C@]1(C)O. The molecule has 25 heavy (non-hydrogen) atoms. The average molecular weight is 363 g/mol. The van der Waals surface area contributed by atoms with Gasteiger partial charge in [-0.25, -0.2) is 0 Å². The van der Waals surface area contributed by atoms with Gasteiger partial charge < -0.3 is 45.9 Å². The van der Waals surface area contributed by atoms with Crippen molar-refractivity contribution in [1.29, 1.82) is 0 Å². The van der Waals surface area contributed by atoms with Crippen LogP contribution in [0.5, 0.6) is 0 Å². The number of nitrogens with two attached hydrogens (primary N) is 1. The second-order valence-electron chi connectivity index (χ2n) is 6.88. The maximum atomic E-state index is 10.9. The molecule has 2 rings (SSSR count). The normalized spacial score (nSPS) is 48.1. The first-order chi connectivity index (χ1) is 11.8. The molecule has 0 aromatic heterocycles. The minimum Gasteiger partial charge on any atom is -0.388 e. The van der Waals surface area contributed by atoms with Gasteiger partial charge >= 0.3 is 0 Å². The molecule has 2 fully saturated rings. The quantitative estimate of drug-likeness (QED) is 0.265. The van der Waals surface area contributed by atoms with Gasteiger partial charge in [-0.15, -0.1) is 0 Å². The van der Waals surface area contributed by atoms with Crippen molar-refractivity contribution in [3.63, 3.8) is 0 Å². The summed E-state index contributed by atoms with van der Waals surface area (Å²) >= 11 is 0. The molecule has 0 aromatic rings. The molecular formula is C15H29N3O7. The number of carbonyl (C=O) groups is 1. The van der Waals surface area contributed by atoms with E-state index in [0.29, 0.717) is 12.8 Å². The highest BCUT2D eigenvalue weighted by Crippen LogP contribution is 2.30. The highest BCUT2D eigenvalue weighted by Gasteiger charge is 2.50. The second-order valence-corrected chi connectivity index (χ2v) is 6.88. The molecule has 0 bridgehead atoms. The minimum atomic E-state index is -1.28. The zero-order valence-electron chi connectivity index (χ0n) is 14.7. The molecule has 2 aliphatic rings. The van der Waals surface area contributed by atoms with Crippen molar-refractivity contribution in [3.8, 4) is 0 Å². The van der Waals surface area contributed by atoms with Crippen molar-refractivity contribution in [2.24, 2.45) is 5.73 Å². The number of aliphatic hydroxyl groups excluding tert-OH is 2. The van der Waals surface area contributed by atoms with Crippen LogP contribution in [-0.2, 0) is 19.0 Å². The van der Waals surface area contributed by atoms with Crippen LogP contribution in [0.25, 0.3) is 0 Å². The fourth-order valence-electron chi connectivity index (χ4n) is 3.70. The van der Waals surface area contributed by atoms with Gasteiger partial charge in [-0.1, -0.05) is 0 Å². The summed E-state index contributed by atoms with van der Waals surface area (Å²) in [5.74, 6) is 0. The average Bonchev–Trinajstić information content (AvgIpc) is 2.53. The van der Waals surface area contributed by atoms with Gasteiger partial charge in [0.1, 0.15) is 30.0 Å². The van der Waals surface area contributed by atoms with E-state index in [4.69, 9.17) is 19.9 Å². The molecule has 1 saturated heterocycles. The van der Waals surface area contributed by atoms with E-state index in [1.807, 2.05) is 0 Å². The van der Waals surface area contributed by atoms with E-state index >= 15 is 0 Å². The van der Waals surface area contributed by atoms with E-state index in [1.54, 1.807) is 14.0 Å². The van der Waals surface area contributed by atoms with Crippen molar-refractivity contribution in [2.45, 2.75) is 67.8 Å². The van der Waals surface area contributed by atoms with Crippen LogP contribution in [0, 0.1) is 0 Å². The fraction of sp³-hybridized carbons (Fsp3) is 0.933. The van der Waals surface area contributed by atoms with Gasteiger partial charge in [0.05, 0.1) is 18.7 Å². The Kier molecular flexibility index (Phi) is 6.74. The molecule has 10 heteroatoms. The number of amides is 1. The molecule has 1 aliphatic carbocycles. The number of aliphatic hydroxyl groups is 3. The molecule has 146 valence electrons. The molecule has 1 aliphatic heterocycles. The van der Waals surface area contributed by atoms with Crippen molar-refractivity contribution in [3.05, 3.63) is 0 Å². The van der Waals surface area contributed by atoms with Gasteiger partial charge in [-0.2, -0.15) is 0 Å². The van der Waals surface area contributed by atoms with Crippen LogP contribution >= 0.6 is 0 Å². The van der Waals surface area contributed by atoms with Gasteiger partial charge in [0, 0.05) is 13.2 Å². The van der Waals surface area contributed by atoms with E-state index in [0.717, 1.165) is 0 Å². The van der Waals surface area contributed by atoms with Crippen LogP contribution in [0.15, 0.2) is 0 Å². The lowest BCUT2D eigenvalue weighted by molar-refractivity contribution is -0.298. The summed E-state index contributed by atoms with van der Waals surface area (Å²) < 4.78 is 16.5. The molecule has 7 N–H and O–H groups in total. The standard InChI is InChI=1S/C15H29N3O7/c1-15(22)5-24-14(10(21)13(15)17-2)25-12-8(18-6-19)4-7(16)11(23-3)9(12)20/h6-14,17,20-22H,4-5,16H2,1-3H3,(H,18,19)/t7-,8+,9-,10+,11?,12-,13+,14+,15-/m0/s1. The minimum absolute atomic E-state index is 0.0674. The largest absolute Gasteiger partial charge is 0.388 e. The molecule has 0 radical (unpaired) electrons. The molecule has 1 heterocycles. The maximum absolute atomic E-state index is 10.9. The van der Waals surface area contributed by atoms with Gasteiger partial charge in [0.25, 0.3) is 0 Å². The number of methoxy groups -OCH3 is 1. The number of hydrogen-bond donors (Lipinski definition) is 6. The molecule has 1 saturated carbocycles. The summed E-state index contributed by atoms with van der Waals surface area (Å²) in [7, 11) is 3.04. The van der Waals surface area contributed by atoms with Crippen LogP contribution in [0.4, 0.5) is 0 Å². The summed E-state index contributed by atoms with van der Waals surface area (Å²) in [6.07, 6.45) is -4.15. The zero-order valence-corrected chi connectivity index (χ0v) is 14.7. The first-order valence-electron chi connectivity index (χ1n) is 8.27. The smallest absolute Gasteiger partial charge is 0.207 e. The van der Waals surface area contributed by atoms with Crippen LogP contribution < -0.4 is 16.4 Å². The van der Waals surface area contributed by atoms with Crippen molar-refractivity contribution < 1.29 is 34.3 Å². The Morgan fingerprint density at radius 2 is 2.00 bits per heavy atom. The van der Waals surface area contributed by atoms with Gasteiger partial charge in [-0.05, 0) is 20.4 Å². The molecule has 1 amide bonds. The molecule has 1 unspecified atom stereocenters. The molecule has 0 spiro atoms. The Balaban J connectivity index is 2.15. The van der Waals surface area contributed by atoms with Crippen molar-refractivity contribution >= 4 is 6.41 Å². The maximum Gasteiger partial charge on any atom is 0.207 e. The van der Waals surface area contributed by atoms with E-state index in [1.165, 1.54) is 7.11 Å². The third kappa shape index (κ3) is 4.12. The highest BCUT2D eigenvalue weighted by atomic mass is 16.7. The van der Waals surface area contributed by atoms with Gasteiger partial charge in [0.2, 0.25) is 6.41 Å². The predicted octanol–water partition coefficient (Wildman–Crippen LogP) is -3.35. The molecule has 10 nitrogen and oxygen atoms in total.